The van der Waals surface area contributed by atoms with Crippen molar-refractivity contribution in [2.24, 2.45) is 5.41 Å². The molecular weight excluding hydrogens is 202 g/mol. The lowest BCUT2D eigenvalue weighted by molar-refractivity contribution is 0.0855. The molecule has 1 aliphatic rings. The summed E-state index contributed by atoms with van der Waals surface area (Å²) in [7, 11) is 0. The van der Waals surface area contributed by atoms with Crippen molar-refractivity contribution in [3.05, 3.63) is 0 Å². The molecular formula is C13H27NO2. The van der Waals surface area contributed by atoms with Gasteiger partial charge in [0.05, 0.1) is 0 Å². The average molecular weight is 229 g/mol. The molecule has 16 heavy (non-hydrogen) atoms. The van der Waals surface area contributed by atoms with Crippen LogP contribution in [0.25, 0.3) is 0 Å². The number of amides is 1. The molecule has 0 aliphatic heterocycles. The molecule has 1 unspecified atom stereocenters. The number of ether oxygens (including phenoxy) is 1. The molecule has 3 nitrogen and oxygen atoms in total. The van der Waals surface area contributed by atoms with Gasteiger partial charge in [-0.2, -0.15) is 0 Å². The largest absolute Gasteiger partial charge is 0.443 e. The standard InChI is InChI=1S/C11H21NO2.C2H6/c1-8(10(2,3)4)12-9(13)14-11(5)6-7-11;1-2/h8H,6-7H2,1-5H3,(H,12,13);1-2H3. The van der Waals surface area contributed by atoms with E-state index in [4.69, 9.17) is 4.74 Å². The van der Waals surface area contributed by atoms with Crippen molar-refractivity contribution in [3.63, 3.8) is 0 Å². The highest BCUT2D eigenvalue weighted by Crippen LogP contribution is 2.38. The van der Waals surface area contributed by atoms with Crippen molar-refractivity contribution in [2.75, 3.05) is 0 Å². The van der Waals surface area contributed by atoms with Crippen LogP contribution in [0.5, 0.6) is 0 Å². The topological polar surface area (TPSA) is 38.3 Å². The minimum absolute atomic E-state index is 0.0729. The van der Waals surface area contributed by atoms with Gasteiger partial charge < -0.3 is 10.1 Å². The van der Waals surface area contributed by atoms with Crippen molar-refractivity contribution >= 4 is 6.09 Å². The van der Waals surface area contributed by atoms with Gasteiger partial charge in [0.15, 0.2) is 0 Å². The molecule has 0 bridgehead atoms. The fourth-order valence-corrected chi connectivity index (χ4v) is 0.925. The van der Waals surface area contributed by atoms with E-state index in [1.54, 1.807) is 0 Å². The van der Waals surface area contributed by atoms with Gasteiger partial charge in [-0.25, -0.2) is 4.79 Å². The number of carbonyl (C=O) groups excluding carboxylic acids is 1. The van der Waals surface area contributed by atoms with E-state index in [2.05, 4.69) is 26.1 Å². The summed E-state index contributed by atoms with van der Waals surface area (Å²) in [6.07, 6.45) is 1.70. The molecule has 1 aliphatic carbocycles. The predicted molar refractivity (Wildman–Crippen MR) is 67.5 cm³/mol. The summed E-state index contributed by atoms with van der Waals surface area (Å²) in [6, 6.07) is 0.123. The van der Waals surface area contributed by atoms with Crippen molar-refractivity contribution in [3.8, 4) is 0 Å². The Hall–Kier alpha value is -0.730. The van der Waals surface area contributed by atoms with Gasteiger partial charge in [-0.3, -0.25) is 0 Å². The van der Waals surface area contributed by atoms with Crippen LogP contribution >= 0.6 is 0 Å². The molecule has 1 atom stereocenters. The van der Waals surface area contributed by atoms with Crippen LogP contribution in [-0.4, -0.2) is 17.7 Å². The molecule has 0 aromatic heterocycles. The molecule has 0 aromatic rings. The van der Waals surface area contributed by atoms with E-state index in [1.165, 1.54) is 0 Å². The number of rotatable bonds is 2. The Labute approximate surface area is 99.9 Å². The van der Waals surface area contributed by atoms with Crippen LogP contribution in [-0.2, 0) is 4.74 Å². The van der Waals surface area contributed by atoms with Crippen molar-refractivity contribution < 1.29 is 9.53 Å². The molecule has 0 aromatic carbocycles. The molecule has 1 N–H and O–H groups in total. The van der Waals surface area contributed by atoms with Gasteiger partial charge in [-0.05, 0) is 32.1 Å². The molecule has 96 valence electrons. The summed E-state index contributed by atoms with van der Waals surface area (Å²) in [5, 5.41) is 2.86. The quantitative estimate of drug-likeness (QED) is 0.783. The molecule has 0 radical (unpaired) electrons. The summed E-state index contributed by atoms with van der Waals surface area (Å²) >= 11 is 0. The SMILES string of the molecule is CC.CC(NC(=O)OC1(C)CC1)C(C)(C)C. The summed E-state index contributed by atoms with van der Waals surface area (Å²) in [5.74, 6) is 0. The molecule has 1 saturated carbocycles. The number of nitrogens with one attached hydrogen (secondary N) is 1. The molecule has 0 saturated heterocycles. The molecule has 1 rings (SSSR count). The zero-order chi connectivity index (χ0) is 13.0. The highest BCUT2D eigenvalue weighted by atomic mass is 16.6. The lowest BCUT2D eigenvalue weighted by atomic mass is 9.88. The summed E-state index contributed by atoms with van der Waals surface area (Å²) < 4.78 is 5.26. The van der Waals surface area contributed by atoms with E-state index >= 15 is 0 Å². The summed E-state index contributed by atoms with van der Waals surface area (Å²) in [5.41, 5.74) is -0.106. The van der Waals surface area contributed by atoms with Crippen LogP contribution in [0, 0.1) is 5.41 Å². The second-order valence-electron chi connectivity index (χ2n) is 5.57. The average Bonchev–Trinajstić information content (AvgIpc) is 2.84. The Morgan fingerprint density at radius 2 is 1.75 bits per heavy atom. The van der Waals surface area contributed by atoms with E-state index < -0.39 is 0 Å². The fourth-order valence-electron chi connectivity index (χ4n) is 0.925. The predicted octanol–water partition coefficient (Wildman–Crippen LogP) is 3.73. The van der Waals surface area contributed by atoms with Crippen LogP contribution in [0.2, 0.25) is 0 Å². The smallest absolute Gasteiger partial charge is 0.407 e. The maximum atomic E-state index is 11.4. The first-order chi connectivity index (χ1) is 7.23. The van der Waals surface area contributed by atoms with Gasteiger partial charge in [0.2, 0.25) is 0 Å². The van der Waals surface area contributed by atoms with Crippen LogP contribution < -0.4 is 5.32 Å². The molecule has 0 heterocycles. The minimum Gasteiger partial charge on any atom is -0.443 e. The highest BCUT2D eigenvalue weighted by molar-refractivity contribution is 5.68. The van der Waals surface area contributed by atoms with Gasteiger partial charge in [0.1, 0.15) is 5.60 Å². The van der Waals surface area contributed by atoms with Crippen LogP contribution in [0.3, 0.4) is 0 Å². The zero-order valence-electron chi connectivity index (χ0n) is 11.8. The number of hydrogen-bond donors (Lipinski definition) is 1. The van der Waals surface area contributed by atoms with Gasteiger partial charge in [-0.1, -0.05) is 34.6 Å². The monoisotopic (exact) mass is 229 g/mol. The molecule has 1 fully saturated rings. The first kappa shape index (κ1) is 15.3. The maximum Gasteiger partial charge on any atom is 0.407 e. The Morgan fingerprint density at radius 1 is 1.31 bits per heavy atom. The summed E-state index contributed by atoms with van der Waals surface area (Å²) in [4.78, 5) is 11.4. The Balaban J connectivity index is 0.00000106. The van der Waals surface area contributed by atoms with Gasteiger partial charge in [0, 0.05) is 6.04 Å². The first-order valence-electron chi connectivity index (χ1n) is 6.22. The first-order valence-corrected chi connectivity index (χ1v) is 6.22. The van der Waals surface area contributed by atoms with Crippen molar-refractivity contribution in [1.29, 1.82) is 0 Å². The van der Waals surface area contributed by atoms with E-state index in [0.29, 0.717) is 0 Å². The number of hydrogen-bond acceptors (Lipinski definition) is 2. The second kappa shape index (κ2) is 5.55. The van der Waals surface area contributed by atoms with E-state index in [-0.39, 0.29) is 23.2 Å². The van der Waals surface area contributed by atoms with Crippen molar-refractivity contribution in [2.45, 2.75) is 73.0 Å². The fraction of sp³-hybridized carbons (Fsp3) is 0.923. The lowest BCUT2D eigenvalue weighted by Gasteiger charge is -2.28. The normalized spacial score (nSPS) is 18.9. The second-order valence-corrected chi connectivity index (χ2v) is 5.57. The third-order valence-electron chi connectivity index (χ3n) is 2.93. The third-order valence-corrected chi connectivity index (χ3v) is 2.93. The van der Waals surface area contributed by atoms with E-state index in [9.17, 15) is 4.79 Å². The van der Waals surface area contributed by atoms with Gasteiger partial charge in [0.25, 0.3) is 0 Å². The van der Waals surface area contributed by atoms with Crippen LogP contribution in [0.1, 0.15) is 61.3 Å². The number of alkyl carbamates (subject to hydrolysis) is 1. The highest BCUT2D eigenvalue weighted by Gasteiger charge is 2.42. The number of carbonyl (C=O) groups is 1. The van der Waals surface area contributed by atoms with Crippen LogP contribution in [0.15, 0.2) is 0 Å². The Bertz CT molecular complexity index is 227. The lowest BCUT2D eigenvalue weighted by Crippen LogP contribution is -2.42. The maximum absolute atomic E-state index is 11.4. The Kier molecular flexibility index (Phi) is 5.30. The van der Waals surface area contributed by atoms with Crippen molar-refractivity contribution in [1.82, 2.24) is 5.32 Å². The van der Waals surface area contributed by atoms with E-state index in [0.717, 1.165) is 12.8 Å². The molecule has 0 spiro atoms. The Morgan fingerprint density at radius 3 is 2.06 bits per heavy atom. The zero-order valence-corrected chi connectivity index (χ0v) is 11.8. The summed E-state index contributed by atoms with van der Waals surface area (Å²) in [6.45, 7) is 14.2. The molecule has 3 heteroatoms. The van der Waals surface area contributed by atoms with Gasteiger partial charge >= 0.3 is 6.09 Å². The van der Waals surface area contributed by atoms with E-state index in [1.807, 2.05) is 27.7 Å². The third kappa shape index (κ3) is 5.38. The minimum atomic E-state index is -0.285. The van der Waals surface area contributed by atoms with Gasteiger partial charge in [-0.15, -0.1) is 0 Å². The molecule has 1 amide bonds. The van der Waals surface area contributed by atoms with Crippen LogP contribution in [0.4, 0.5) is 4.79 Å².